The van der Waals surface area contributed by atoms with E-state index in [0.29, 0.717) is 0 Å². The van der Waals surface area contributed by atoms with Gasteiger partial charge in [0.1, 0.15) is 23.0 Å². The summed E-state index contributed by atoms with van der Waals surface area (Å²) in [4.78, 5) is 0. The van der Waals surface area contributed by atoms with Gasteiger partial charge in [0.2, 0.25) is 0 Å². The molecule has 0 saturated heterocycles. The van der Waals surface area contributed by atoms with Crippen molar-refractivity contribution in [2.75, 3.05) is 34.2 Å². The Kier molecular flexibility index (Phi) is 8.36. The third-order valence-electron chi connectivity index (χ3n) is 4.63. The van der Waals surface area contributed by atoms with Crippen LogP contribution in [-0.2, 0) is 0 Å². The van der Waals surface area contributed by atoms with Crippen LogP contribution in [0.3, 0.4) is 0 Å². The van der Waals surface area contributed by atoms with E-state index in [1.54, 1.807) is 28.4 Å². The molecule has 1 atom stereocenters. The average Bonchev–Trinajstić information content (AvgIpc) is 2.71. The highest BCUT2D eigenvalue weighted by molar-refractivity contribution is 7.99. The van der Waals surface area contributed by atoms with Gasteiger partial charge in [-0.1, -0.05) is 18.6 Å². The fourth-order valence-corrected chi connectivity index (χ4v) is 4.41. The molecule has 0 bridgehead atoms. The van der Waals surface area contributed by atoms with Crippen LogP contribution in [0.4, 0.5) is 0 Å². The van der Waals surface area contributed by atoms with Gasteiger partial charge in [0.05, 0.1) is 39.2 Å². The minimum Gasteiger partial charge on any atom is -0.496 e. The maximum atomic E-state index is 5.94. The molecule has 5 heteroatoms. The van der Waals surface area contributed by atoms with Gasteiger partial charge in [-0.3, -0.25) is 0 Å². The van der Waals surface area contributed by atoms with E-state index >= 15 is 0 Å². The van der Waals surface area contributed by atoms with Gasteiger partial charge in [-0.05, 0) is 50.6 Å². The molecule has 0 N–H and O–H groups in total. The second-order valence-corrected chi connectivity index (χ2v) is 8.11. The van der Waals surface area contributed by atoms with Crippen LogP contribution in [0.5, 0.6) is 23.0 Å². The third-order valence-corrected chi connectivity index (χ3v) is 6.12. The molecule has 0 spiro atoms. The lowest BCUT2D eigenvalue weighted by atomic mass is 9.98. The smallest absolute Gasteiger partial charge is 0.135 e. The average molecular weight is 405 g/mol. The van der Waals surface area contributed by atoms with Gasteiger partial charge in [-0.15, -0.1) is 0 Å². The molecule has 0 amide bonds. The van der Waals surface area contributed by atoms with Crippen molar-refractivity contribution in [2.24, 2.45) is 0 Å². The molecule has 0 heterocycles. The van der Waals surface area contributed by atoms with E-state index in [0.717, 1.165) is 57.9 Å². The van der Waals surface area contributed by atoms with Crippen LogP contribution in [-0.4, -0.2) is 34.2 Å². The molecule has 0 aliphatic rings. The van der Waals surface area contributed by atoms with Gasteiger partial charge in [-0.25, -0.2) is 0 Å². The summed E-state index contributed by atoms with van der Waals surface area (Å²) >= 11 is 1.95. The topological polar surface area (TPSA) is 36.9 Å². The van der Waals surface area contributed by atoms with E-state index in [1.807, 2.05) is 23.9 Å². The number of fused-ring (bicyclic) bond motifs is 1. The first-order valence-electron chi connectivity index (χ1n) is 9.56. The van der Waals surface area contributed by atoms with Crippen LogP contribution in [0.1, 0.15) is 44.4 Å². The maximum Gasteiger partial charge on any atom is 0.135 e. The summed E-state index contributed by atoms with van der Waals surface area (Å²) in [6, 6.07) is 5.90. The fourth-order valence-electron chi connectivity index (χ4n) is 3.31. The Hall–Kier alpha value is -2.01. The molecule has 0 radical (unpaired) electrons. The summed E-state index contributed by atoms with van der Waals surface area (Å²) in [7, 11) is 6.74. The van der Waals surface area contributed by atoms with Crippen LogP contribution < -0.4 is 18.9 Å². The van der Waals surface area contributed by atoms with E-state index in [9.17, 15) is 0 Å². The lowest BCUT2D eigenvalue weighted by Gasteiger charge is -2.23. The van der Waals surface area contributed by atoms with E-state index in [2.05, 4.69) is 32.9 Å². The quantitative estimate of drug-likeness (QED) is 0.427. The molecule has 4 nitrogen and oxygen atoms in total. The van der Waals surface area contributed by atoms with Gasteiger partial charge in [0.15, 0.2) is 0 Å². The minimum atomic E-state index is 0.263. The van der Waals surface area contributed by atoms with Gasteiger partial charge in [-0.2, -0.15) is 11.8 Å². The molecule has 0 aromatic heterocycles. The van der Waals surface area contributed by atoms with Crippen LogP contribution in [0.25, 0.3) is 10.8 Å². The summed E-state index contributed by atoms with van der Waals surface area (Å²) in [6.07, 6.45) is 4.34. The molecule has 0 aliphatic carbocycles. The summed E-state index contributed by atoms with van der Waals surface area (Å²) in [6.45, 7) is 6.47. The Morgan fingerprint density at radius 3 is 2.04 bits per heavy atom. The van der Waals surface area contributed by atoms with Gasteiger partial charge in [0.25, 0.3) is 0 Å². The molecule has 0 saturated carbocycles. The summed E-state index contributed by atoms with van der Waals surface area (Å²) in [5.74, 6) is 4.15. The van der Waals surface area contributed by atoms with E-state index in [1.165, 1.54) is 5.57 Å². The molecule has 28 heavy (non-hydrogen) atoms. The van der Waals surface area contributed by atoms with Crippen LogP contribution in [0.15, 0.2) is 29.8 Å². The zero-order valence-electron chi connectivity index (χ0n) is 18.0. The largest absolute Gasteiger partial charge is 0.496 e. The van der Waals surface area contributed by atoms with Crippen molar-refractivity contribution < 1.29 is 18.9 Å². The number of methoxy groups -OCH3 is 4. The predicted octanol–water partition coefficient (Wildman–Crippen LogP) is 6.41. The molecular weight excluding hydrogens is 372 g/mol. The van der Waals surface area contributed by atoms with Crippen molar-refractivity contribution in [2.45, 2.75) is 38.9 Å². The Bertz CT molecular complexity index is 825. The van der Waals surface area contributed by atoms with E-state index in [4.69, 9.17) is 18.9 Å². The number of thioether (sulfide) groups is 1. The highest BCUT2D eigenvalue weighted by Crippen LogP contribution is 2.50. The number of hydrogen-bond donors (Lipinski definition) is 0. The van der Waals surface area contributed by atoms with Crippen molar-refractivity contribution >= 4 is 22.5 Å². The van der Waals surface area contributed by atoms with Crippen LogP contribution in [0.2, 0.25) is 0 Å². The van der Waals surface area contributed by atoms with Gasteiger partial charge in [0, 0.05) is 10.8 Å². The Balaban J connectivity index is 2.82. The van der Waals surface area contributed by atoms with E-state index < -0.39 is 0 Å². The molecule has 2 rings (SSSR count). The molecule has 2 aromatic carbocycles. The second-order valence-electron chi connectivity index (χ2n) is 6.80. The van der Waals surface area contributed by atoms with Crippen molar-refractivity contribution in [3.05, 3.63) is 35.4 Å². The first-order valence-corrected chi connectivity index (χ1v) is 10.6. The zero-order chi connectivity index (χ0) is 20.7. The molecular formula is C23H32O4S. The SMILES string of the molecule is CCCSC(CC=C(C)C)c1cc(OC)c2c(OC)ccc(OC)c2c1OC. The number of allylic oxidation sites excluding steroid dienone is 2. The van der Waals surface area contributed by atoms with Crippen molar-refractivity contribution in [1.82, 2.24) is 0 Å². The zero-order valence-corrected chi connectivity index (χ0v) is 18.9. The standard InChI is InChI=1S/C23H32O4S/c1-8-13-28-20(12-9-15(2)3)16-14-19(26-6)21-17(24-4)10-11-18(25-5)22(21)23(16)27-7/h9-11,14,20H,8,12-13H2,1-7H3. The van der Waals surface area contributed by atoms with Gasteiger partial charge < -0.3 is 18.9 Å². The summed E-state index contributed by atoms with van der Waals surface area (Å²) in [5.41, 5.74) is 2.43. The lowest BCUT2D eigenvalue weighted by Crippen LogP contribution is -2.03. The Labute approximate surface area is 173 Å². The van der Waals surface area contributed by atoms with Gasteiger partial charge >= 0.3 is 0 Å². The van der Waals surface area contributed by atoms with E-state index in [-0.39, 0.29) is 5.25 Å². The first kappa shape index (κ1) is 22.3. The highest BCUT2D eigenvalue weighted by Gasteiger charge is 2.25. The molecule has 0 fully saturated rings. The maximum absolute atomic E-state index is 5.94. The lowest BCUT2D eigenvalue weighted by molar-refractivity contribution is 0.389. The number of benzene rings is 2. The Morgan fingerprint density at radius 1 is 0.929 bits per heavy atom. The predicted molar refractivity (Wildman–Crippen MR) is 120 cm³/mol. The number of rotatable bonds is 10. The number of hydrogen-bond acceptors (Lipinski definition) is 5. The van der Waals surface area contributed by atoms with Crippen LogP contribution in [0, 0.1) is 0 Å². The van der Waals surface area contributed by atoms with Crippen molar-refractivity contribution in [1.29, 1.82) is 0 Å². The molecule has 1 unspecified atom stereocenters. The van der Waals surface area contributed by atoms with Crippen LogP contribution >= 0.6 is 11.8 Å². The number of ether oxygens (including phenoxy) is 4. The molecule has 154 valence electrons. The molecule has 2 aromatic rings. The second kappa shape index (κ2) is 10.5. The Morgan fingerprint density at radius 2 is 1.54 bits per heavy atom. The minimum absolute atomic E-state index is 0.263. The highest BCUT2D eigenvalue weighted by atomic mass is 32.2. The summed E-state index contributed by atoms with van der Waals surface area (Å²) in [5, 5.41) is 2.02. The normalized spacial score (nSPS) is 11.8. The fraction of sp³-hybridized carbons (Fsp3) is 0.478. The van der Waals surface area contributed by atoms with Crippen molar-refractivity contribution in [3.8, 4) is 23.0 Å². The molecule has 0 aliphatic heterocycles. The van der Waals surface area contributed by atoms with Crippen molar-refractivity contribution in [3.63, 3.8) is 0 Å². The monoisotopic (exact) mass is 404 g/mol. The first-order chi connectivity index (χ1) is 13.5. The third kappa shape index (κ3) is 4.69. The summed E-state index contributed by atoms with van der Waals surface area (Å²) < 4.78 is 23.0.